The number of anilines is 1. The molecule has 0 atom stereocenters. The monoisotopic (exact) mass is 172 g/mol. The third-order valence-electron chi connectivity index (χ3n) is 2.21. The average Bonchev–Trinajstić information content (AvgIpc) is 2.18. The Kier molecular flexibility index (Phi) is 1.89. The Morgan fingerprint density at radius 2 is 2.23 bits per heavy atom. The molecule has 0 aliphatic heterocycles. The molecule has 2 rings (SSSR count). The van der Waals surface area contributed by atoms with E-state index >= 15 is 0 Å². The van der Waals surface area contributed by atoms with Crippen LogP contribution >= 0.6 is 0 Å². The van der Waals surface area contributed by atoms with Gasteiger partial charge in [-0.15, -0.1) is 0 Å². The van der Waals surface area contributed by atoms with Crippen molar-refractivity contribution in [1.82, 2.24) is 4.98 Å². The van der Waals surface area contributed by atoms with Gasteiger partial charge < -0.3 is 5.73 Å². The fraction of sp³-hybridized carbons (Fsp3) is 0.182. The van der Waals surface area contributed by atoms with Gasteiger partial charge in [-0.05, 0) is 24.1 Å². The number of aromatic nitrogens is 1. The average molecular weight is 172 g/mol. The highest BCUT2D eigenvalue weighted by molar-refractivity contribution is 5.89. The van der Waals surface area contributed by atoms with E-state index in [4.69, 9.17) is 5.73 Å². The van der Waals surface area contributed by atoms with Gasteiger partial charge in [0.05, 0.1) is 11.2 Å². The normalized spacial score (nSPS) is 10.5. The van der Waals surface area contributed by atoms with E-state index in [1.54, 1.807) is 0 Å². The first-order valence-corrected chi connectivity index (χ1v) is 4.44. The van der Waals surface area contributed by atoms with Gasteiger partial charge in [-0.3, -0.25) is 4.98 Å². The smallest absolute Gasteiger partial charge is 0.0931 e. The van der Waals surface area contributed by atoms with E-state index in [0.29, 0.717) is 0 Å². The van der Waals surface area contributed by atoms with Gasteiger partial charge in [0, 0.05) is 11.6 Å². The molecule has 0 bridgehead atoms. The maximum absolute atomic E-state index is 5.79. The van der Waals surface area contributed by atoms with Gasteiger partial charge in [-0.25, -0.2) is 0 Å². The van der Waals surface area contributed by atoms with Crippen LogP contribution in [0.3, 0.4) is 0 Å². The summed E-state index contributed by atoms with van der Waals surface area (Å²) in [4.78, 5) is 4.33. The summed E-state index contributed by atoms with van der Waals surface area (Å²) in [5.41, 5.74) is 8.69. The van der Waals surface area contributed by atoms with Gasteiger partial charge in [0.15, 0.2) is 0 Å². The maximum atomic E-state index is 5.79. The molecule has 2 aromatic rings. The lowest BCUT2D eigenvalue weighted by Crippen LogP contribution is -1.90. The van der Waals surface area contributed by atoms with Crippen LogP contribution in [-0.2, 0) is 6.42 Å². The van der Waals surface area contributed by atoms with Gasteiger partial charge in [0.2, 0.25) is 0 Å². The molecular formula is C11H12N2. The number of aryl methyl sites for hydroxylation is 1. The van der Waals surface area contributed by atoms with Gasteiger partial charge in [-0.2, -0.15) is 0 Å². The van der Waals surface area contributed by atoms with E-state index in [1.165, 1.54) is 5.56 Å². The summed E-state index contributed by atoms with van der Waals surface area (Å²) in [5, 5.41) is 1.12. The summed E-state index contributed by atoms with van der Waals surface area (Å²) < 4.78 is 0. The molecule has 0 amide bonds. The second kappa shape index (κ2) is 3.05. The Bertz CT molecular complexity index is 435. The Hall–Kier alpha value is -1.57. The molecule has 1 aromatic carbocycles. The van der Waals surface area contributed by atoms with Crippen LogP contribution in [0.15, 0.2) is 30.5 Å². The summed E-state index contributed by atoms with van der Waals surface area (Å²) in [6.45, 7) is 2.12. The minimum Gasteiger partial charge on any atom is -0.397 e. The Morgan fingerprint density at radius 3 is 3.00 bits per heavy atom. The van der Waals surface area contributed by atoms with Crippen molar-refractivity contribution >= 4 is 16.6 Å². The summed E-state index contributed by atoms with van der Waals surface area (Å²) >= 11 is 0. The van der Waals surface area contributed by atoms with Crippen LogP contribution in [0.4, 0.5) is 5.69 Å². The standard InChI is InChI=1S/C11H12N2/c1-2-8-6-9-4-3-5-10(12)11(9)13-7-8/h3-7H,2,12H2,1H3. The van der Waals surface area contributed by atoms with E-state index in [0.717, 1.165) is 23.0 Å². The lowest BCUT2D eigenvalue weighted by molar-refractivity contribution is 1.12. The zero-order valence-corrected chi connectivity index (χ0v) is 7.62. The number of nitrogens with two attached hydrogens (primary N) is 1. The molecule has 2 N–H and O–H groups in total. The van der Waals surface area contributed by atoms with Gasteiger partial charge in [0.25, 0.3) is 0 Å². The summed E-state index contributed by atoms with van der Waals surface area (Å²) in [7, 11) is 0. The van der Waals surface area contributed by atoms with Gasteiger partial charge in [0.1, 0.15) is 0 Å². The predicted octanol–water partition coefficient (Wildman–Crippen LogP) is 2.38. The number of fused-ring (bicyclic) bond motifs is 1. The SMILES string of the molecule is CCc1cnc2c(N)cccc2c1. The molecule has 1 heterocycles. The van der Waals surface area contributed by atoms with Crippen LogP contribution in [0.2, 0.25) is 0 Å². The van der Waals surface area contributed by atoms with Crippen molar-refractivity contribution in [3.8, 4) is 0 Å². The van der Waals surface area contributed by atoms with Gasteiger partial charge >= 0.3 is 0 Å². The Balaban J connectivity index is 2.72. The molecule has 0 saturated heterocycles. The van der Waals surface area contributed by atoms with Crippen LogP contribution in [0.1, 0.15) is 12.5 Å². The lowest BCUT2D eigenvalue weighted by atomic mass is 10.1. The van der Waals surface area contributed by atoms with E-state index in [2.05, 4.69) is 18.0 Å². The first kappa shape index (κ1) is 8.05. The molecule has 0 saturated carbocycles. The van der Waals surface area contributed by atoms with Crippen molar-refractivity contribution in [1.29, 1.82) is 0 Å². The molecule has 66 valence electrons. The fourth-order valence-corrected chi connectivity index (χ4v) is 1.42. The molecule has 13 heavy (non-hydrogen) atoms. The number of hydrogen-bond acceptors (Lipinski definition) is 2. The number of rotatable bonds is 1. The van der Waals surface area contributed by atoms with Crippen molar-refractivity contribution in [2.45, 2.75) is 13.3 Å². The second-order valence-corrected chi connectivity index (χ2v) is 3.12. The Morgan fingerprint density at radius 1 is 1.38 bits per heavy atom. The summed E-state index contributed by atoms with van der Waals surface area (Å²) in [6, 6.07) is 8.01. The molecule has 2 heteroatoms. The summed E-state index contributed by atoms with van der Waals surface area (Å²) in [6.07, 6.45) is 2.90. The molecule has 0 aliphatic carbocycles. The quantitative estimate of drug-likeness (QED) is 0.671. The number of nitrogens with zero attached hydrogens (tertiary/aromatic N) is 1. The zero-order chi connectivity index (χ0) is 9.26. The van der Waals surface area contributed by atoms with Crippen molar-refractivity contribution in [3.05, 3.63) is 36.0 Å². The third-order valence-corrected chi connectivity index (χ3v) is 2.21. The Labute approximate surface area is 77.4 Å². The third kappa shape index (κ3) is 1.35. The maximum Gasteiger partial charge on any atom is 0.0931 e. The number of pyridine rings is 1. The number of nitrogen functional groups attached to an aromatic ring is 1. The highest BCUT2D eigenvalue weighted by Crippen LogP contribution is 2.19. The second-order valence-electron chi connectivity index (χ2n) is 3.12. The number of para-hydroxylation sites is 1. The lowest BCUT2D eigenvalue weighted by Gasteiger charge is -2.02. The highest BCUT2D eigenvalue weighted by atomic mass is 14.7. The minimum absolute atomic E-state index is 0.750. The molecule has 0 radical (unpaired) electrons. The van der Waals surface area contributed by atoms with Crippen LogP contribution in [0.5, 0.6) is 0 Å². The number of benzene rings is 1. The van der Waals surface area contributed by atoms with Crippen molar-refractivity contribution < 1.29 is 0 Å². The van der Waals surface area contributed by atoms with Crippen molar-refractivity contribution in [3.63, 3.8) is 0 Å². The number of hydrogen-bond donors (Lipinski definition) is 1. The fourth-order valence-electron chi connectivity index (χ4n) is 1.42. The van der Waals surface area contributed by atoms with E-state index in [1.807, 2.05) is 24.4 Å². The zero-order valence-electron chi connectivity index (χ0n) is 7.62. The molecule has 0 fully saturated rings. The van der Waals surface area contributed by atoms with E-state index in [-0.39, 0.29) is 0 Å². The first-order valence-electron chi connectivity index (χ1n) is 4.44. The molecular weight excluding hydrogens is 160 g/mol. The molecule has 0 unspecified atom stereocenters. The van der Waals surface area contributed by atoms with E-state index < -0.39 is 0 Å². The molecule has 1 aromatic heterocycles. The van der Waals surface area contributed by atoms with Crippen LogP contribution in [-0.4, -0.2) is 4.98 Å². The van der Waals surface area contributed by atoms with Crippen LogP contribution < -0.4 is 5.73 Å². The van der Waals surface area contributed by atoms with Gasteiger partial charge in [-0.1, -0.05) is 19.1 Å². The summed E-state index contributed by atoms with van der Waals surface area (Å²) in [5.74, 6) is 0. The van der Waals surface area contributed by atoms with Crippen LogP contribution in [0.25, 0.3) is 10.9 Å². The van der Waals surface area contributed by atoms with Crippen molar-refractivity contribution in [2.75, 3.05) is 5.73 Å². The van der Waals surface area contributed by atoms with Crippen molar-refractivity contribution in [2.24, 2.45) is 0 Å². The predicted molar refractivity (Wildman–Crippen MR) is 55.5 cm³/mol. The molecule has 2 nitrogen and oxygen atoms in total. The first-order chi connectivity index (χ1) is 6.31. The topological polar surface area (TPSA) is 38.9 Å². The van der Waals surface area contributed by atoms with Crippen LogP contribution in [0, 0.1) is 0 Å². The minimum atomic E-state index is 0.750. The highest BCUT2D eigenvalue weighted by Gasteiger charge is 1.98. The molecule has 0 spiro atoms. The molecule has 0 aliphatic rings. The largest absolute Gasteiger partial charge is 0.397 e. The van der Waals surface area contributed by atoms with E-state index in [9.17, 15) is 0 Å².